The SMILES string of the molecule is Cc1ccc(C(NC(=O)CCc2c(C)noc2C)c2ccccc2)cc1C. The second-order valence-electron chi connectivity index (χ2n) is 7.06. The minimum atomic E-state index is -0.164. The molecule has 2 aromatic carbocycles. The van der Waals surface area contributed by atoms with Crippen molar-refractivity contribution in [1.29, 1.82) is 0 Å². The van der Waals surface area contributed by atoms with Crippen molar-refractivity contribution in [1.82, 2.24) is 10.5 Å². The van der Waals surface area contributed by atoms with Crippen molar-refractivity contribution in [2.45, 2.75) is 46.6 Å². The van der Waals surface area contributed by atoms with E-state index >= 15 is 0 Å². The summed E-state index contributed by atoms with van der Waals surface area (Å²) in [5.41, 5.74) is 6.51. The van der Waals surface area contributed by atoms with Gasteiger partial charge in [0.15, 0.2) is 0 Å². The lowest BCUT2D eigenvalue weighted by Gasteiger charge is -2.21. The van der Waals surface area contributed by atoms with E-state index in [0.717, 1.165) is 28.1 Å². The standard InChI is InChI=1S/C23H26N2O2/c1-15-10-11-20(14-16(15)2)23(19-8-6-5-7-9-19)24-22(26)13-12-21-17(3)25-27-18(21)4/h5-11,14,23H,12-13H2,1-4H3,(H,24,26). The molecule has 1 heterocycles. The van der Waals surface area contributed by atoms with E-state index in [9.17, 15) is 4.79 Å². The quantitative estimate of drug-likeness (QED) is 0.689. The van der Waals surface area contributed by atoms with Gasteiger partial charge in [-0.25, -0.2) is 0 Å². The van der Waals surface area contributed by atoms with Crippen LogP contribution >= 0.6 is 0 Å². The fraction of sp³-hybridized carbons (Fsp3) is 0.304. The van der Waals surface area contributed by atoms with E-state index in [1.54, 1.807) is 0 Å². The first-order valence-corrected chi connectivity index (χ1v) is 9.29. The van der Waals surface area contributed by atoms with Gasteiger partial charge in [0.25, 0.3) is 0 Å². The van der Waals surface area contributed by atoms with Crippen molar-refractivity contribution in [2.24, 2.45) is 0 Å². The number of carbonyl (C=O) groups excluding carboxylic acids is 1. The maximum absolute atomic E-state index is 12.7. The lowest BCUT2D eigenvalue weighted by Crippen LogP contribution is -2.29. The van der Waals surface area contributed by atoms with Crippen LogP contribution in [0.5, 0.6) is 0 Å². The van der Waals surface area contributed by atoms with E-state index in [-0.39, 0.29) is 11.9 Å². The molecule has 0 bridgehead atoms. The second-order valence-corrected chi connectivity index (χ2v) is 7.06. The van der Waals surface area contributed by atoms with E-state index in [4.69, 9.17) is 4.52 Å². The molecule has 140 valence electrons. The molecule has 4 nitrogen and oxygen atoms in total. The molecule has 1 unspecified atom stereocenters. The van der Waals surface area contributed by atoms with Gasteiger partial charge in [0.05, 0.1) is 11.7 Å². The first-order valence-electron chi connectivity index (χ1n) is 9.29. The number of nitrogens with zero attached hydrogens (tertiary/aromatic N) is 1. The molecule has 4 heteroatoms. The normalized spacial score (nSPS) is 12.0. The molecule has 3 rings (SSSR count). The van der Waals surface area contributed by atoms with E-state index in [1.807, 2.05) is 32.0 Å². The van der Waals surface area contributed by atoms with Gasteiger partial charge < -0.3 is 9.84 Å². The zero-order chi connectivity index (χ0) is 19.4. The van der Waals surface area contributed by atoms with Crippen molar-refractivity contribution in [3.05, 3.63) is 87.8 Å². The summed E-state index contributed by atoms with van der Waals surface area (Å²) in [6.07, 6.45) is 1.03. The van der Waals surface area contributed by atoms with Gasteiger partial charge in [-0.15, -0.1) is 0 Å². The highest BCUT2D eigenvalue weighted by Gasteiger charge is 2.18. The first-order chi connectivity index (χ1) is 13.0. The summed E-state index contributed by atoms with van der Waals surface area (Å²) in [4.78, 5) is 12.7. The molecule has 27 heavy (non-hydrogen) atoms. The predicted octanol–water partition coefficient (Wildman–Crippen LogP) is 4.75. The van der Waals surface area contributed by atoms with Gasteiger partial charge >= 0.3 is 0 Å². The van der Waals surface area contributed by atoms with Gasteiger partial charge in [0, 0.05) is 12.0 Å². The Balaban J connectivity index is 1.79. The fourth-order valence-corrected chi connectivity index (χ4v) is 3.28. The lowest BCUT2D eigenvalue weighted by atomic mass is 9.95. The Morgan fingerprint density at radius 3 is 2.37 bits per heavy atom. The highest BCUT2D eigenvalue weighted by atomic mass is 16.5. The predicted molar refractivity (Wildman–Crippen MR) is 107 cm³/mol. The molecular formula is C23H26N2O2. The molecule has 0 radical (unpaired) electrons. The Labute approximate surface area is 160 Å². The van der Waals surface area contributed by atoms with Crippen LogP contribution in [0, 0.1) is 27.7 Å². The molecule has 0 saturated carbocycles. The summed E-state index contributed by atoms with van der Waals surface area (Å²) in [5.74, 6) is 0.802. The average Bonchev–Trinajstić information content (AvgIpc) is 2.99. The highest BCUT2D eigenvalue weighted by molar-refractivity contribution is 5.77. The third-order valence-corrected chi connectivity index (χ3v) is 5.09. The maximum Gasteiger partial charge on any atom is 0.221 e. The van der Waals surface area contributed by atoms with Crippen LogP contribution in [0.1, 0.15) is 51.7 Å². The third kappa shape index (κ3) is 4.45. The zero-order valence-electron chi connectivity index (χ0n) is 16.4. The molecule has 0 spiro atoms. The Morgan fingerprint density at radius 2 is 1.74 bits per heavy atom. The molecule has 1 N–H and O–H groups in total. The van der Waals surface area contributed by atoms with Gasteiger partial charge in [-0.3, -0.25) is 4.79 Å². The van der Waals surface area contributed by atoms with Crippen LogP contribution in [-0.2, 0) is 11.2 Å². The number of hydrogen-bond donors (Lipinski definition) is 1. The monoisotopic (exact) mass is 362 g/mol. The number of rotatable bonds is 6. The number of nitrogens with one attached hydrogen (secondary N) is 1. The Hall–Kier alpha value is -2.88. The smallest absolute Gasteiger partial charge is 0.221 e. The van der Waals surface area contributed by atoms with Gasteiger partial charge in [0.1, 0.15) is 5.76 Å². The van der Waals surface area contributed by atoms with Crippen molar-refractivity contribution < 1.29 is 9.32 Å². The average molecular weight is 362 g/mol. The third-order valence-electron chi connectivity index (χ3n) is 5.09. The lowest BCUT2D eigenvalue weighted by molar-refractivity contribution is -0.121. The molecule has 0 aliphatic rings. The van der Waals surface area contributed by atoms with Gasteiger partial charge in [0.2, 0.25) is 5.91 Å². The Kier molecular flexibility index (Phi) is 5.75. The number of amides is 1. The summed E-state index contributed by atoms with van der Waals surface area (Å²) >= 11 is 0. The second kappa shape index (κ2) is 8.21. The van der Waals surface area contributed by atoms with Crippen molar-refractivity contribution in [2.75, 3.05) is 0 Å². The molecule has 0 fully saturated rings. The number of aryl methyl sites for hydroxylation is 4. The van der Waals surface area contributed by atoms with Crippen LogP contribution in [0.3, 0.4) is 0 Å². The van der Waals surface area contributed by atoms with E-state index in [2.05, 4.69) is 54.7 Å². The topological polar surface area (TPSA) is 55.1 Å². The minimum Gasteiger partial charge on any atom is -0.361 e. The maximum atomic E-state index is 12.7. The van der Waals surface area contributed by atoms with Crippen LogP contribution < -0.4 is 5.32 Å². The van der Waals surface area contributed by atoms with E-state index in [0.29, 0.717) is 12.8 Å². The fourth-order valence-electron chi connectivity index (χ4n) is 3.28. The number of hydrogen-bond acceptors (Lipinski definition) is 3. The van der Waals surface area contributed by atoms with Crippen LogP contribution in [0.25, 0.3) is 0 Å². The molecule has 1 aromatic heterocycles. The van der Waals surface area contributed by atoms with Gasteiger partial charge in [-0.1, -0.05) is 53.7 Å². The Morgan fingerprint density at radius 1 is 1.00 bits per heavy atom. The molecule has 1 amide bonds. The molecule has 0 aliphatic carbocycles. The summed E-state index contributed by atoms with van der Waals surface area (Å²) in [7, 11) is 0. The number of benzene rings is 2. The van der Waals surface area contributed by atoms with Crippen LogP contribution in [0.15, 0.2) is 53.1 Å². The molecule has 0 aliphatic heterocycles. The number of aromatic nitrogens is 1. The highest BCUT2D eigenvalue weighted by Crippen LogP contribution is 2.24. The first kappa shape index (κ1) is 18.9. The van der Waals surface area contributed by atoms with Crippen LogP contribution in [-0.4, -0.2) is 11.1 Å². The molecule has 1 atom stereocenters. The van der Waals surface area contributed by atoms with Crippen LogP contribution in [0.4, 0.5) is 0 Å². The summed E-state index contributed by atoms with van der Waals surface area (Å²) < 4.78 is 5.19. The molecular weight excluding hydrogens is 336 g/mol. The van der Waals surface area contributed by atoms with Gasteiger partial charge in [-0.2, -0.15) is 0 Å². The largest absolute Gasteiger partial charge is 0.361 e. The number of carbonyl (C=O) groups is 1. The van der Waals surface area contributed by atoms with Crippen molar-refractivity contribution in [3.8, 4) is 0 Å². The van der Waals surface area contributed by atoms with Gasteiger partial charge in [-0.05, 0) is 56.4 Å². The van der Waals surface area contributed by atoms with Crippen molar-refractivity contribution in [3.63, 3.8) is 0 Å². The summed E-state index contributed by atoms with van der Waals surface area (Å²) in [6.45, 7) is 7.99. The Bertz CT molecular complexity index is 909. The molecule has 3 aromatic rings. The van der Waals surface area contributed by atoms with E-state index in [1.165, 1.54) is 11.1 Å². The summed E-state index contributed by atoms with van der Waals surface area (Å²) in [5, 5.41) is 7.17. The minimum absolute atomic E-state index is 0.0158. The molecule has 0 saturated heterocycles. The summed E-state index contributed by atoms with van der Waals surface area (Å²) in [6, 6.07) is 16.3. The van der Waals surface area contributed by atoms with E-state index < -0.39 is 0 Å². The zero-order valence-corrected chi connectivity index (χ0v) is 16.4. The van der Waals surface area contributed by atoms with Crippen LogP contribution in [0.2, 0.25) is 0 Å². The van der Waals surface area contributed by atoms with Crippen molar-refractivity contribution >= 4 is 5.91 Å².